The van der Waals surface area contributed by atoms with Gasteiger partial charge in [0.25, 0.3) is 5.19 Å². The van der Waals surface area contributed by atoms with Crippen molar-refractivity contribution in [1.29, 1.82) is 0 Å². The molecule has 1 N–H and O–H groups in total. The maximum atomic E-state index is 5.55. The van der Waals surface area contributed by atoms with Crippen LogP contribution in [0, 0.1) is 0 Å². The first-order valence-electron chi connectivity index (χ1n) is 6.30. The number of hydrogen-bond donors (Lipinski definition) is 1. The maximum Gasteiger partial charge on any atom is 0.294 e. The minimum absolute atomic E-state index is 0.138. The zero-order valence-electron chi connectivity index (χ0n) is 12.1. The molecule has 0 spiro atoms. The maximum absolute atomic E-state index is 5.55. The fraction of sp³-hybridized carbons (Fsp3) is 0.833. The number of aromatic nitrogens is 2. The SMILES string of the molecule is COCCNCc1nnc(OCCOC(C)(C)C)s1. The van der Waals surface area contributed by atoms with E-state index < -0.39 is 0 Å². The average molecular weight is 289 g/mol. The molecule has 0 saturated heterocycles. The molecule has 0 amide bonds. The van der Waals surface area contributed by atoms with Gasteiger partial charge in [0.15, 0.2) is 0 Å². The lowest BCUT2D eigenvalue weighted by atomic mass is 10.2. The number of hydrogen-bond acceptors (Lipinski definition) is 7. The molecule has 6 nitrogen and oxygen atoms in total. The zero-order chi connectivity index (χ0) is 14.1. The Morgan fingerprint density at radius 1 is 1.16 bits per heavy atom. The van der Waals surface area contributed by atoms with Crippen molar-refractivity contribution in [3.05, 3.63) is 5.01 Å². The Morgan fingerprint density at radius 2 is 1.95 bits per heavy atom. The third-order valence-electron chi connectivity index (χ3n) is 2.05. The topological polar surface area (TPSA) is 65.5 Å². The van der Waals surface area contributed by atoms with Gasteiger partial charge < -0.3 is 19.5 Å². The van der Waals surface area contributed by atoms with Gasteiger partial charge in [-0.25, -0.2) is 0 Å². The second-order valence-electron chi connectivity index (χ2n) is 4.94. The summed E-state index contributed by atoms with van der Waals surface area (Å²) in [7, 11) is 1.68. The van der Waals surface area contributed by atoms with Crippen LogP contribution in [0.5, 0.6) is 5.19 Å². The minimum atomic E-state index is -0.138. The molecule has 0 aromatic carbocycles. The van der Waals surface area contributed by atoms with E-state index in [9.17, 15) is 0 Å². The van der Waals surface area contributed by atoms with Gasteiger partial charge in [0.1, 0.15) is 11.6 Å². The molecule has 1 heterocycles. The molecule has 0 bridgehead atoms. The van der Waals surface area contributed by atoms with Crippen LogP contribution in [0.2, 0.25) is 0 Å². The smallest absolute Gasteiger partial charge is 0.294 e. The normalized spacial score (nSPS) is 11.8. The lowest BCUT2D eigenvalue weighted by Gasteiger charge is -2.18. The Hall–Kier alpha value is -0.760. The molecule has 19 heavy (non-hydrogen) atoms. The van der Waals surface area contributed by atoms with Crippen LogP contribution in [0.3, 0.4) is 0 Å². The van der Waals surface area contributed by atoms with E-state index in [4.69, 9.17) is 14.2 Å². The number of rotatable bonds is 9. The highest BCUT2D eigenvalue weighted by atomic mass is 32.1. The lowest BCUT2D eigenvalue weighted by molar-refractivity contribution is -0.0163. The summed E-state index contributed by atoms with van der Waals surface area (Å²) in [5.74, 6) is 0. The first-order valence-corrected chi connectivity index (χ1v) is 7.12. The molecule has 0 aliphatic heterocycles. The van der Waals surface area contributed by atoms with Gasteiger partial charge in [-0.05, 0) is 20.8 Å². The van der Waals surface area contributed by atoms with E-state index in [0.29, 0.717) is 31.6 Å². The van der Waals surface area contributed by atoms with Gasteiger partial charge in [0, 0.05) is 20.2 Å². The predicted octanol–water partition coefficient (Wildman–Crippen LogP) is 1.47. The molecule has 0 unspecified atom stereocenters. The van der Waals surface area contributed by atoms with Crippen molar-refractivity contribution in [2.45, 2.75) is 32.9 Å². The number of ether oxygens (including phenoxy) is 3. The van der Waals surface area contributed by atoms with Crippen molar-refractivity contribution < 1.29 is 14.2 Å². The Morgan fingerprint density at radius 3 is 2.63 bits per heavy atom. The highest BCUT2D eigenvalue weighted by Gasteiger charge is 2.10. The van der Waals surface area contributed by atoms with E-state index in [0.717, 1.165) is 11.6 Å². The molecule has 110 valence electrons. The van der Waals surface area contributed by atoms with E-state index >= 15 is 0 Å². The predicted molar refractivity (Wildman–Crippen MR) is 74.7 cm³/mol. The van der Waals surface area contributed by atoms with Gasteiger partial charge >= 0.3 is 0 Å². The summed E-state index contributed by atoms with van der Waals surface area (Å²) in [4.78, 5) is 0. The Labute approximate surface area is 118 Å². The quantitative estimate of drug-likeness (QED) is 0.694. The molecule has 1 aromatic heterocycles. The largest absolute Gasteiger partial charge is 0.466 e. The third kappa shape index (κ3) is 8.10. The van der Waals surface area contributed by atoms with Crippen LogP contribution in [-0.4, -0.2) is 49.3 Å². The van der Waals surface area contributed by atoms with Gasteiger partial charge in [-0.3, -0.25) is 0 Å². The van der Waals surface area contributed by atoms with Crippen LogP contribution in [-0.2, 0) is 16.0 Å². The van der Waals surface area contributed by atoms with Crippen LogP contribution in [0.4, 0.5) is 0 Å². The van der Waals surface area contributed by atoms with E-state index in [-0.39, 0.29) is 5.60 Å². The molecule has 1 rings (SSSR count). The van der Waals surface area contributed by atoms with Gasteiger partial charge in [0.2, 0.25) is 0 Å². The van der Waals surface area contributed by atoms with Crippen LogP contribution in [0.25, 0.3) is 0 Å². The first-order chi connectivity index (χ1) is 9.01. The molecule has 0 aliphatic carbocycles. The van der Waals surface area contributed by atoms with Gasteiger partial charge in [-0.2, -0.15) is 0 Å². The van der Waals surface area contributed by atoms with Crippen molar-refractivity contribution in [1.82, 2.24) is 15.5 Å². The molecule has 0 aliphatic rings. The molecular formula is C12H23N3O3S. The Kier molecular flexibility index (Phi) is 7.22. The number of nitrogens with one attached hydrogen (secondary N) is 1. The lowest BCUT2D eigenvalue weighted by Crippen LogP contribution is -2.22. The van der Waals surface area contributed by atoms with E-state index in [1.807, 2.05) is 20.8 Å². The van der Waals surface area contributed by atoms with Gasteiger partial charge in [0.05, 0.1) is 18.8 Å². The standard InChI is InChI=1S/C12H23N3O3S/c1-12(2,3)18-8-7-17-11-15-14-10(19-11)9-13-5-6-16-4/h13H,5-9H2,1-4H3. The van der Waals surface area contributed by atoms with Crippen LogP contribution < -0.4 is 10.1 Å². The summed E-state index contributed by atoms with van der Waals surface area (Å²) in [5, 5.41) is 12.7. The summed E-state index contributed by atoms with van der Waals surface area (Å²) in [6.45, 7) is 9.25. The highest BCUT2D eigenvalue weighted by molar-refractivity contribution is 7.13. The Bertz CT molecular complexity index is 352. The zero-order valence-corrected chi connectivity index (χ0v) is 12.9. The van der Waals surface area contributed by atoms with E-state index in [1.54, 1.807) is 7.11 Å². The Balaban J connectivity index is 2.16. The molecule has 7 heteroatoms. The first kappa shape index (κ1) is 16.3. The summed E-state index contributed by atoms with van der Waals surface area (Å²) in [5.41, 5.74) is -0.138. The molecule has 0 fully saturated rings. The van der Waals surface area contributed by atoms with Crippen LogP contribution in [0.15, 0.2) is 0 Å². The van der Waals surface area contributed by atoms with Crippen molar-refractivity contribution in [3.8, 4) is 5.19 Å². The third-order valence-corrected chi connectivity index (χ3v) is 2.89. The van der Waals surface area contributed by atoms with Crippen molar-refractivity contribution >= 4 is 11.3 Å². The summed E-state index contributed by atoms with van der Waals surface area (Å²) < 4.78 is 16.0. The second-order valence-corrected chi connectivity index (χ2v) is 5.97. The molecule has 0 radical (unpaired) electrons. The van der Waals surface area contributed by atoms with Crippen molar-refractivity contribution in [2.75, 3.05) is 33.5 Å². The molecule has 1 aromatic rings. The summed E-state index contributed by atoms with van der Waals surface area (Å²) in [6.07, 6.45) is 0. The van der Waals surface area contributed by atoms with Crippen molar-refractivity contribution in [3.63, 3.8) is 0 Å². The molecular weight excluding hydrogens is 266 g/mol. The number of methoxy groups -OCH3 is 1. The molecule has 0 saturated carbocycles. The van der Waals surface area contributed by atoms with Crippen LogP contribution >= 0.6 is 11.3 Å². The van der Waals surface area contributed by atoms with Crippen LogP contribution in [0.1, 0.15) is 25.8 Å². The highest BCUT2D eigenvalue weighted by Crippen LogP contribution is 2.17. The minimum Gasteiger partial charge on any atom is -0.466 e. The van der Waals surface area contributed by atoms with Gasteiger partial charge in [-0.15, -0.1) is 10.2 Å². The van der Waals surface area contributed by atoms with E-state index in [1.165, 1.54) is 11.3 Å². The second kappa shape index (κ2) is 8.42. The molecule has 0 atom stereocenters. The number of nitrogens with zero attached hydrogens (tertiary/aromatic N) is 2. The fourth-order valence-corrected chi connectivity index (χ4v) is 1.90. The van der Waals surface area contributed by atoms with Gasteiger partial charge in [-0.1, -0.05) is 11.3 Å². The van der Waals surface area contributed by atoms with Crippen molar-refractivity contribution in [2.24, 2.45) is 0 Å². The monoisotopic (exact) mass is 289 g/mol. The average Bonchev–Trinajstić information content (AvgIpc) is 2.77. The summed E-state index contributed by atoms with van der Waals surface area (Å²) in [6, 6.07) is 0. The van der Waals surface area contributed by atoms with E-state index in [2.05, 4.69) is 15.5 Å². The summed E-state index contributed by atoms with van der Waals surface area (Å²) >= 11 is 1.45. The fourth-order valence-electron chi connectivity index (χ4n) is 1.21.